The molecule has 0 saturated heterocycles. The first kappa shape index (κ1) is 53.1. The maximum absolute atomic E-state index is 12.7. The van der Waals surface area contributed by atoms with Gasteiger partial charge in [0.05, 0.1) is 0 Å². The van der Waals surface area contributed by atoms with Crippen LogP contribution in [0.4, 0.5) is 0 Å². The van der Waals surface area contributed by atoms with Crippen LogP contribution in [0.25, 0.3) is 0 Å². The van der Waals surface area contributed by atoms with E-state index in [0.29, 0.717) is 12.8 Å². The fraction of sp³-hybridized carbons (Fsp3) is 0.740. The lowest BCUT2D eigenvalue weighted by molar-refractivity contribution is -0.147. The van der Waals surface area contributed by atoms with Crippen molar-refractivity contribution < 1.29 is 24.2 Å². The summed E-state index contributed by atoms with van der Waals surface area (Å²) in [7, 11) is 0. The van der Waals surface area contributed by atoms with E-state index in [1.54, 1.807) is 0 Å². The van der Waals surface area contributed by atoms with Crippen molar-refractivity contribution in [3.63, 3.8) is 0 Å². The van der Waals surface area contributed by atoms with Crippen molar-refractivity contribution >= 4 is 17.8 Å². The zero-order chi connectivity index (χ0) is 40.8. The summed E-state index contributed by atoms with van der Waals surface area (Å²) >= 11 is 0. The second kappa shape index (κ2) is 44.8. The molecule has 6 heteroatoms. The molecule has 0 aromatic carbocycles. The van der Waals surface area contributed by atoms with Crippen molar-refractivity contribution in [3.05, 3.63) is 60.8 Å². The van der Waals surface area contributed by atoms with Gasteiger partial charge in [-0.2, -0.15) is 0 Å². The van der Waals surface area contributed by atoms with E-state index in [-0.39, 0.29) is 24.5 Å². The van der Waals surface area contributed by atoms with Crippen LogP contribution in [0.3, 0.4) is 0 Å². The normalized spacial score (nSPS) is 12.6. The van der Waals surface area contributed by atoms with Crippen LogP contribution in [0.1, 0.15) is 226 Å². The number of aliphatic carboxylic acids is 1. The van der Waals surface area contributed by atoms with Crippen LogP contribution < -0.4 is 5.32 Å². The van der Waals surface area contributed by atoms with Crippen LogP contribution in [-0.2, 0) is 19.1 Å². The Balaban J connectivity index is 4.11. The summed E-state index contributed by atoms with van der Waals surface area (Å²) in [6.45, 7) is 4.18. The van der Waals surface area contributed by atoms with Gasteiger partial charge in [-0.1, -0.05) is 184 Å². The number of hydrogen-bond acceptors (Lipinski definition) is 4. The zero-order valence-electron chi connectivity index (χ0n) is 36.5. The summed E-state index contributed by atoms with van der Waals surface area (Å²) in [4.78, 5) is 35.0. The molecule has 1 atom stereocenters. The van der Waals surface area contributed by atoms with E-state index < -0.39 is 5.97 Å². The third-order valence-corrected chi connectivity index (χ3v) is 10.1. The van der Waals surface area contributed by atoms with Gasteiger partial charge in [0.1, 0.15) is 12.6 Å². The molecule has 0 radical (unpaired) electrons. The predicted octanol–water partition coefficient (Wildman–Crippen LogP) is 14.8. The van der Waals surface area contributed by atoms with Gasteiger partial charge in [0.2, 0.25) is 5.91 Å². The summed E-state index contributed by atoms with van der Waals surface area (Å²) < 4.78 is 5.93. The molecule has 0 saturated carbocycles. The lowest BCUT2D eigenvalue weighted by Crippen LogP contribution is -2.28. The maximum atomic E-state index is 12.7. The molecule has 0 aliphatic heterocycles. The summed E-state index contributed by atoms with van der Waals surface area (Å²) in [6.07, 6.45) is 59.4. The van der Waals surface area contributed by atoms with Crippen LogP contribution in [0.2, 0.25) is 0 Å². The van der Waals surface area contributed by atoms with Crippen LogP contribution in [-0.4, -0.2) is 35.6 Å². The lowest BCUT2D eigenvalue weighted by Gasteiger charge is -2.14. The third-order valence-electron chi connectivity index (χ3n) is 10.1. The molecule has 1 amide bonds. The predicted molar refractivity (Wildman–Crippen MR) is 240 cm³/mol. The van der Waals surface area contributed by atoms with Gasteiger partial charge in [0.25, 0.3) is 0 Å². The first-order valence-electron chi connectivity index (χ1n) is 23.4. The number of esters is 1. The molecule has 1 unspecified atom stereocenters. The van der Waals surface area contributed by atoms with Crippen molar-refractivity contribution in [2.75, 3.05) is 6.54 Å². The number of carbonyl (C=O) groups is 3. The number of allylic oxidation sites excluding steroid dienone is 9. The number of carboxylic acid groups (broad SMARTS) is 1. The molecule has 0 aliphatic rings. The molecule has 0 heterocycles. The Morgan fingerprint density at radius 1 is 0.482 bits per heavy atom. The van der Waals surface area contributed by atoms with E-state index in [2.05, 4.69) is 79.9 Å². The van der Waals surface area contributed by atoms with Crippen LogP contribution in [0, 0.1) is 0 Å². The minimum Gasteiger partial charge on any atom is -0.480 e. The van der Waals surface area contributed by atoms with E-state index in [0.717, 1.165) is 77.0 Å². The van der Waals surface area contributed by atoms with Crippen molar-refractivity contribution in [2.45, 2.75) is 232 Å². The van der Waals surface area contributed by atoms with Crippen molar-refractivity contribution in [1.82, 2.24) is 5.32 Å². The van der Waals surface area contributed by atoms with Gasteiger partial charge >= 0.3 is 11.9 Å². The highest BCUT2D eigenvalue weighted by Gasteiger charge is 2.11. The maximum Gasteiger partial charge on any atom is 0.322 e. The quantitative estimate of drug-likeness (QED) is 0.0365. The lowest BCUT2D eigenvalue weighted by atomic mass is 10.0. The van der Waals surface area contributed by atoms with E-state index in [1.807, 2.05) is 0 Å². The third kappa shape index (κ3) is 43.8. The summed E-state index contributed by atoms with van der Waals surface area (Å²) in [5.41, 5.74) is 0. The van der Waals surface area contributed by atoms with Gasteiger partial charge in [-0.3, -0.25) is 14.4 Å². The van der Waals surface area contributed by atoms with Crippen LogP contribution >= 0.6 is 0 Å². The highest BCUT2D eigenvalue weighted by Crippen LogP contribution is 2.16. The van der Waals surface area contributed by atoms with Crippen LogP contribution in [0.15, 0.2) is 60.8 Å². The van der Waals surface area contributed by atoms with Crippen molar-refractivity contribution in [2.24, 2.45) is 0 Å². The standard InChI is InChI=1S/C50H87NO5/c1-3-5-7-9-11-13-15-16-17-18-19-20-21-22-23-24-25-26-28-30-32-37-41-45-50(55)56-47(42-38-34-31-29-27-14-12-10-8-6-4-2)43-39-35-33-36-40-44-48(52)51-46-49(53)54/h12,14-16,18-19,29,31,38,42,47H,3-11,13,17,20-28,30,32-37,39-41,43-46H2,1-2H3,(H,51,52)(H,53,54)/b14-12-,16-15-,19-18-,31-29-,42-38-. The second-order valence-electron chi connectivity index (χ2n) is 15.7. The molecule has 0 bridgehead atoms. The summed E-state index contributed by atoms with van der Waals surface area (Å²) in [5.74, 6) is -1.33. The fourth-order valence-electron chi connectivity index (χ4n) is 6.65. The van der Waals surface area contributed by atoms with Gasteiger partial charge in [0.15, 0.2) is 0 Å². The Hall–Kier alpha value is -2.89. The van der Waals surface area contributed by atoms with Crippen molar-refractivity contribution in [1.29, 1.82) is 0 Å². The molecular formula is C50H87NO5. The molecule has 322 valence electrons. The Labute approximate surface area is 345 Å². The number of carbonyl (C=O) groups excluding carboxylic acids is 2. The SMILES string of the molecule is CCCCC/C=C\C/C=C\C/C=C\C(CCCCCCCC(=O)NCC(=O)O)OC(=O)CCCCCCCCCCCCC/C=C\C/C=C\CCCCCCC. The Morgan fingerprint density at radius 3 is 1.39 bits per heavy atom. The second-order valence-corrected chi connectivity index (χ2v) is 15.7. The number of ether oxygens (including phenoxy) is 1. The van der Waals surface area contributed by atoms with E-state index in [9.17, 15) is 14.4 Å². The summed E-state index contributed by atoms with van der Waals surface area (Å²) in [5, 5.41) is 11.1. The topological polar surface area (TPSA) is 92.7 Å². The number of carboxylic acids is 1. The number of amides is 1. The van der Waals surface area contributed by atoms with Gasteiger partial charge < -0.3 is 15.2 Å². The van der Waals surface area contributed by atoms with Gasteiger partial charge in [-0.05, 0) is 89.5 Å². The Kier molecular flexibility index (Phi) is 42.5. The number of unbranched alkanes of at least 4 members (excludes halogenated alkanes) is 23. The monoisotopic (exact) mass is 782 g/mol. The Morgan fingerprint density at radius 2 is 0.875 bits per heavy atom. The largest absolute Gasteiger partial charge is 0.480 e. The van der Waals surface area contributed by atoms with Gasteiger partial charge in [-0.25, -0.2) is 0 Å². The highest BCUT2D eigenvalue weighted by molar-refractivity contribution is 5.80. The molecule has 0 spiro atoms. The van der Waals surface area contributed by atoms with E-state index in [4.69, 9.17) is 9.84 Å². The molecular weight excluding hydrogens is 695 g/mol. The Bertz CT molecular complexity index is 1040. The molecule has 6 nitrogen and oxygen atoms in total. The molecule has 2 N–H and O–H groups in total. The molecule has 0 aromatic rings. The van der Waals surface area contributed by atoms with Crippen LogP contribution in [0.5, 0.6) is 0 Å². The number of rotatable bonds is 42. The zero-order valence-corrected chi connectivity index (χ0v) is 36.5. The molecule has 0 aliphatic carbocycles. The minimum absolute atomic E-state index is 0.0911. The number of hydrogen-bond donors (Lipinski definition) is 2. The van der Waals surface area contributed by atoms with E-state index in [1.165, 1.54) is 122 Å². The molecule has 0 rings (SSSR count). The highest BCUT2D eigenvalue weighted by atomic mass is 16.5. The van der Waals surface area contributed by atoms with Gasteiger partial charge in [0, 0.05) is 12.8 Å². The average molecular weight is 782 g/mol. The smallest absolute Gasteiger partial charge is 0.322 e. The summed E-state index contributed by atoms with van der Waals surface area (Å²) in [6, 6.07) is 0. The molecule has 56 heavy (non-hydrogen) atoms. The van der Waals surface area contributed by atoms with E-state index >= 15 is 0 Å². The molecule has 0 fully saturated rings. The van der Waals surface area contributed by atoms with Crippen molar-refractivity contribution in [3.8, 4) is 0 Å². The first-order chi connectivity index (χ1) is 27.5. The minimum atomic E-state index is -1.03. The van der Waals surface area contributed by atoms with Gasteiger partial charge in [-0.15, -0.1) is 0 Å². The number of nitrogens with one attached hydrogen (secondary N) is 1. The first-order valence-corrected chi connectivity index (χ1v) is 23.4. The fourth-order valence-corrected chi connectivity index (χ4v) is 6.65. The average Bonchev–Trinajstić information content (AvgIpc) is 3.18. The molecule has 0 aromatic heterocycles.